The molecule has 1 aliphatic carbocycles. The number of Topliss-reactive ketones (excluding diaryl/α,β-unsaturated/α-hetero) is 1. The molecular formula is C12H21NO. The Morgan fingerprint density at radius 1 is 1.00 bits per heavy atom. The number of nitrogens with zero attached hydrogens (tertiary/aromatic N) is 1. The summed E-state index contributed by atoms with van der Waals surface area (Å²) in [5, 5.41) is 0. The van der Waals surface area contributed by atoms with E-state index >= 15 is 0 Å². The molecule has 0 aromatic rings. The fourth-order valence-electron chi connectivity index (χ4n) is 2.93. The lowest BCUT2D eigenvalue weighted by molar-refractivity contribution is -0.121. The maximum absolute atomic E-state index is 11.1. The molecule has 0 amide bonds. The Labute approximate surface area is 86.7 Å². The van der Waals surface area contributed by atoms with Crippen molar-refractivity contribution in [1.82, 2.24) is 4.90 Å². The first kappa shape index (κ1) is 10.2. The molecule has 1 saturated heterocycles. The van der Waals surface area contributed by atoms with Crippen LogP contribution in [0.1, 0.15) is 38.5 Å². The van der Waals surface area contributed by atoms with E-state index < -0.39 is 0 Å². The summed E-state index contributed by atoms with van der Waals surface area (Å²) in [4.78, 5) is 13.6. The zero-order valence-electron chi connectivity index (χ0n) is 9.17. The van der Waals surface area contributed by atoms with Gasteiger partial charge in [-0.05, 0) is 57.7 Å². The zero-order valence-corrected chi connectivity index (χ0v) is 9.17. The van der Waals surface area contributed by atoms with E-state index in [4.69, 9.17) is 0 Å². The van der Waals surface area contributed by atoms with E-state index in [2.05, 4.69) is 11.9 Å². The number of piperidine rings is 1. The van der Waals surface area contributed by atoms with Gasteiger partial charge in [0.05, 0.1) is 0 Å². The van der Waals surface area contributed by atoms with E-state index in [9.17, 15) is 4.79 Å². The third kappa shape index (κ3) is 2.35. The minimum Gasteiger partial charge on any atom is -0.306 e. The summed E-state index contributed by atoms with van der Waals surface area (Å²) in [5.74, 6) is 2.27. The Balaban J connectivity index is 1.81. The van der Waals surface area contributed by atoms with Gasteiger partial charge in [0.15, 0.2) is 0 Å². The first-order valence-corrected chi connectivity index (χ1v) is 5.96. The van der Waals surface area contributed by atoms with Crippen molar-refractivity contribution in [2.24, 2.45) is 11.8 Å². The highest BCUT2D eigenvalue weighted by Gasteiger charge is 2.28. The third-order valence-electron chi connectivity index (χ3n) is 4.02. The van der Waals surface area contributed by atoms with Crippen LogP contribution in [-0.2, 0) is 4.79 Å². The van der Waals surface area contributed by atoms with Gasteiger partial charge in [-0.15, -0.1) is 0 Å². The highest BCUT2D eigenvalue weighted by atomic mass is 16.1. The molecule has 0 unspecified atom stereocenters. The highest BCUT2D eigenvalue weighted by molar-refractivity contribution is 5.79. The Bertz CT molecular complexity index is 196. The fourth-order valence-corrected chi connectivity index (χ4v) is 2.93. The Morgan fingerprint density at radius 3 is 2.07 bits per heavy atom. The second kappa shape index (κ2) is 4.43. The van der Waals surface area contributed by atoms with Gasteiger partial charge in [-0.2, -0.15) is 0 Å². The van der Waals surface area contributed by atoms with Crippen LogP contribution < -0.4 is 0 Å². The van der Waals surface area contributed by atoms with Crippen molar-refractivity contribution in [2.45, 2.75) is 38.5 Å². The van der Waals surface area contributed by atoms with E-state index in [-0.39, 0.29) is 0 Å². The molecule has 0 radical (unpaired) electrons. The molecule has 2 rings (SSSR count). The van der Waals surface area contributed by atoms with Gasteiger partial charge in [0.25, 0.3) is 0 Å². The number of hydrogen-bond acceptors (Lipinski definition) is 2. The lowest BCUT2D eigenvalue weighted by atomic mass is 9.75. The average Bonchev–Trinajstić information content (AvgIpc) is 2.21. The highest BCUT2D eigenvalue weighted by Crippen LogP contribution is 2.34. The Hall–Kier alpha value is -0.370. The fraction of sp³-hybridized carbons (Fsp3) is 0.917. The van der Waals surface area contributed by atoms with Crippen molar-refractivity contribution in [3.8, 4) is 0 Å². The predicted octanol–water partition coefficient (Wildman–Crippen LogP) is 2.09. The topological polar surface area (TPSA) is 20.3 Å². The number of hydrogen-bond donors (Lipinski definition) is 0. The largest absolute Gasteiger partial charge is 0.306 e. The van der Waals surface area contributed by atoms with Crippen molar-refractivity contribution in [3.63, 3.8) is 0 Å². The second-order valence-electron chi connectivity index (χ2n) is 5.02. The van der Waals surface area contributed by atoms with Crippen molar-refractivity contribution >= 4 is 5.78 Å². The molecule has 1 heterocycles. The molecule has 2 aliphatic rings. The van der Waals surface area contributed by atoms with Gasteiger partial charge in [-0.1, -0.05) is 0 Å². The monoisotopic (exact) mass is 195 g/mol. The maximum atomic E-state index is 11.1. The van der Waals surface area contributed by atoms with Crippen LogP contribution in [0.4, 0.5) is 0 Å². The molecule has 1 aliphatic heterocycles. The summed E-state index contributed by atoms with van der Waals surface area (Å²) in [6, 6.07) is 0. The maximum Gasteiger partial charge on any atom is 0.132 e. The van der Waals surface area contributed by atoms with Crippen LogP contribution in [0.2, 0.25) is 0 Å². The van der Waals surface area contributed by atoms with Crippen LogP contribution in [0.5, 0.6) is 0 Å². The molecule has 2 fully saturated rings. The van der Waals surface area contributed by atoms with Gasteiger partial charge in [-0.25, -0.2) is 0 Å². The third-order valence-corrected chi connectivity index (χ3v) is 4.02. The molecule has 1 saturated carbocycles. The van der Waals surface area contributed by atoms with Crippen LogP contribution >= 0.6 is 0 Å². The van der Waals surface area contributed by atoms with Crippen molar-refractivity contribution in [3.05, 3.63) is 0 Å². The van der Waals surface area contributed by atoms with Gasteiger partial charge >= 0.3 is 0 Å². The zero-order chi connectivity index (χ0) is 9.97. The van der Waals surface area contributed by atoms with E-state index in [0.717, 1.165) is 24.7 Å². The summed E-state index contributed by atoms with van der Waals surface area (Å²) >= 11 is 0. The number of ketones is 1. The molecular weight excluding hydrogens is 174 g/mol. The molecule has 0 bridgehead atoms. The molecule has 0 N–H and O–H groups in total. The van der Waals surface area contributed by atoms with E-state index in [0.29, 0.717) is 5.78 Å². The number of carbonyl (C=O) groups is 1. The molecule has 0 aromatic carbocycles. The summed E-state index contributed by atoms with van der Waals surface area (Å²) in [6.07, 6.45) is 6.78. The quantitative estimate of drug-likeness (QED) is 0.638. The summed E-state index contributed by atoms with van der Waals surface area (Å²) in [6.45, 7) is 2.52. The minimum absolute atomic E-state index is 0.495. The smallest absolute Gasteiger partial charge is 0.132 e. The number of likely N-dealkylation sites (tertiary alicyclic amines) is 1. The SMILES string of the molecule is CN1CCC(C2CCC(=O)CC2)CC1. The molecule has 14 heavy (non-hydrogen) atoms. The molecule has 0 atom stereocenters. The number of carbonyl (C=O) groups excluding carboxylic acids is 1. The molecule has 0 aromatic heterocycles. The van der Waals surface area contributed by atoms with Gasteiger partial charge in [0.2, 0.25) is 0 Å². The Kier molecular flexibility index (Phi) is 3.22. The van der Waals surface area contributed by atoms with Crippen molar-refractivity contribution in [2.75, 3.05) is 20.1 Å². The van der Waals surface area contributed by atoms with Gasteiger partial charge in [0.1, 0.15) is 5.78 Å². The molecule has 80 valence electrons. The standard InChI is InChI=1S/C12H21NO/c1-13-8-6-11(7-9-13)10-2-4-12(14)5-3-10/h10-11H,2-9H2,1H3. The van der Waals surface area contributed by atoms with Gasteiger partial charge in [0, 0.05) is 12.8 Å². The van der Waals surface area contributed by atoms with E-state index in [1.54, 1.807) is 0 Å². The van der Waals surface area contributed by atoms with Gasteiger partial charge in [-0.3, -0.25) is 4.79 Å². The Morgan fingerprint density at radius 2 is 1.50 bits per heavy atom. The lowest BCUT2D eigenvalue weighted by Gasteiger charge is -2.35. The van der Waals surface area contributed by atoms with Crippen LogP contribution in [0, 0.1) is 11.8 Å². The molecule has 2 nitrogen and oxygen atoms in total. The predicted molar refractivity (Wildman–Crippen MR) is 57.2 cm³/mol. The minimum atomic E-state index is 0.495. The summed E-state index contributed by atoms with van der Waals surface area (Å²) in [5.41, 5.74) is 0. The molecule has 0 spiro atoms. The van der Waals surface area contributed by atoms with Gasteiger partial charge < -0.3 is 4.90 Å². The first-order valence-electron chi connectivity index (χ1n) is 5.96. The van der Waals surface area contributed by atoms with Crippen molar-refractivity contribution in [1.29, 1.82) is 0 Å². The number of rotatable bonds is 1. The summed E-state index contributed by atoms with van der Waals surface area (Å²) < 4.78 is 0. The van der Waals surface area contributed by atoms with Crippen LogP contribution in [0.15, 0.2) is 0 Å². The van der Waals surface area contributed by atoms with Crippen LogP contribution in [0.3, 0.4) is 0 Å². The normalized spacial score (nSPS) is 28.2. The first-order chi connectivity index (χ1) is 6.75. The summed E-state index contributed by atoms with van der Waals surface area (Å²) in [7, 11) is 2.21. The second-order valence-corrected chi connectivity index (χ2v) is 5.02. The van der Waals surface area contributed by atoms with E-state index in [1.807, 2.05) is 0 Å². The van der Waals surface area contributed by atoms with Crippen LogP contribution in [-0.4, -0.2) is 30.8 Å². The lowest BCUT2D eigenvalue weighted by Crippen LogP contribution is -2.34. The van der Waals surface area contributed by atoms with Crippen molar-refractivity contribution < 1.29 is 4.79 Å². The average molecular weight is 195 g/mol. The van der Waals surface area contributed by atoms with E-state index in [1.165, 1.54) is 38.8 Å². The molecule has 2 heteroatoms. The van der Waals surface area contributed by atoms with Crippen LogP contribution in [0.25, 0.3) is 0 Å².